The lowest BCUT2D eigenvalue weighted by molar-refractivity contribution is 0.176. The second-order valence-corrected chi connectivity index (χ2v) is 6.67. The lowest BCUT2D eigenvalue weighted by atomic mass is 9.72. The van der Waals surface area contributed by atoms with Crippen LogP contribution in [0.5, 0.6) is 0 Å². The van der Waals surface area contributed by atoms with Crippen molar-refractivity contribution >= 4 is 0 Å². The van der Waals surface area contributed by atoms with Crippen LogP contribution in [-0.4, -0.2) is 0 Å². The number of unbranched alkanes of at least 4 members (excludes halogenated alkanes) is 2. The van der Waals surface area contributed by atoms with E-state index in [9.17, 15) is 0 Å². The second kappa shape index (κ2) is 7.44. The number of hydrogen-bond donors (Lipinski definition) is 0. The van der Waals surface area contributed by atoms with E-state index in [0.29, 0.717) is 0 Å². The molecule has 0 aromatic carbocycles. The van der Waals surface area contributed by atoms with Gasteiger partial charge in [-0.2, -0.15) is 0 Å². The molecule has 2 aliphatic carbocycles. The van der Waals surface area contributed by atoms with Gasteiger partial charge in [0.15, 0.2) is 0 Å². The van der Waals surface area contributed by atoms with E-state index in [-0.39, 0.29) is 0 Å². The summed E-state index contributed by atoms with van der Waals surface area (Å²) in [5.41, 5.74) is 0. The van der Waals surface area contributed by atoms with E-state index in [2.05, 4.69) is 6.92 Å². The van der Waals surface area contributed by atoms with Crippen molar-refractivity contribution in [3.05, 3.63) is 0 Å². The molecule has 2 aliphatic rings. The maximum atomic E-state index is 2.34. The monoisotopic (exact) mass is 236 g/mol. The van der Waals surface area contributed by atoms with Crippen LogP contribution in [0.3, 0.4) is 0 Å². The van der Waals surface area contributed by atoms with E-state index in [4.69, 9.17) is 0 Å². The topological polar surface area (TPSA) is 0 Å². The Hall–Kier alpha value is 0. The van der Waals surface area contributed by atoms with E-state index in [1.54, 1.807) is 38.5 Å². The van der Waals surface area contributed by atoms with Gasteiger partial charge in [0.25, 0.3) is 0 Å². The average molecular weight is 236 g/mol. The van der Waals surface area contributed by atoms with Crippen LogP contribution < -0.4 is 0 Å². The van der Waals surface area contributed by atoms with Gasteiger partial charge in [0, 0.05) is 0 Å². The Morgan fingerprint density at radius 2 is 1.59 bits per heavy atom. The number of rotatable bonds is 9. The van der Waals surface area contributed by atoms with Crippen LogP contribution >= 0.6 is 0 Å². The van der Waals surface area contributed by atoms with Gasteiger partial charge in [0.1, 0.15) is 0 Å². The molecule has 1 unspecified atom stereocenters. The summed E-state index contributed by atoms with van der Waals surface area (Å²) in [6.07, 6.45) is 19.8. The molecular formula is C17H32. The standard InChI is InChI=1S/C17H32/c1-2-3-11-16(17-13-7-14-17)12-5-4-8-15-9-6-10-15/h15-17H,2-14H2,1H3. The fourth-order valence-corrected chi connectivity index (χ4v) is 3.61. The fraction of sp³-hybridized carbons (Fsp3) is 1.00. The molecule has 0 heterocycles. The maximum absolute atomic E-state index is 2.34. The summed E-state index contributed by atoms with van der Waals surface area (Å²) in [7, 11) is 0. The van der Waals surface area contributed by atoms with Crippen molar-refractivity contribution < 1.29 is 0 Å². The minimum Gasteiger partial charge on any atom is -0.0654 e. The lowest BCUT2D eigenvalue weighted by Gasteiger charge is -2.34. The van der Waals surface area contributed by atoms with E-state index in [0.717, 1.165) is 17.8 Å². The maximum Gasteiger partial charge on any atom is -0.0386 e. The van der Waals surface area contributed by atoms with Gasteiger partial charge in [-0.05, 0) is 17.8 Å². The van der Waals surface area contributed by atoms with Crippen molar-refractivity contribution in [1.82, 2.24) is 0 Å². The first-order valence-corrected chi connectivity index (χ1v) is 8.40. The first kappa shape index (κ1) is 13.4. The van der Waals surface area contributed by atoms with Crippen LogP contribution in [0.2, 0.25) is 0 Å². The van der Waals surface area contributed by atoms with Crippen LogP contribution in [0.1, 0.15) is 90.4 Å². The molecule has 0 radical (unpaired) electrons. The van der Waals surface area contributed by atoms with Gasteiger partial charge < -0.3 is 0 Å². The zero-order valence-electron chi connectivity index (χ0n) is 11.9. The zero-order chi connectivity index (χ0) is 11.9. The summed E-state index contributed by atoms with van der Waals surface area (Å²) in [5, 5.41) is 0. The normalized spacial score (nSPS) is 23.1. The highest BCUT2D eigenvalue weighted by Crippen LogP contribution is 2.39. The molecule has 0 saturated heterocycles. The van der Waals surface area contributed by atoms with Gasteiger partial charge in [0.05, 0.1) is 0 Å². The van der Waals surface area contributed by atoms with Crippen molar-refractivity contribution in [3.8, 4) is 0 Å². The predicted molar refractivity (Wildman–Crippen MR) is 76.2 cm³/mol. The van der Waals surface area contributed by atoms with Gasteiger partial charge in [-0.1, -0.05) is 90.4 Å². The second-order valence-electron chi connectivity index (χ2n) is 6.67. The molecule has 0 spiro atoms. The highest BCUT2D eigenvalue weighted by Gasteiger charge is 2.26. The Labute approximate surface area is 109 Å². The summed E-state index contributed by atoms with van der Waals surface area (Å²) in [4.78, 5) is 0. The third-order valence-corrected chi connectivity index (χ3v) is 5.41. The van der Waals surface area contributed by atoms with Crippen LogP contribution in [0.25, 0.3) is 0 Å². The smallest absolute Gasteiger partial charge is 0.0386 e. The van der Waals surface area contributed by atoms with Gasteiger partial charge in [-0.15, -0.1) is 0 Å². The Morgan fingerprint density at radius 1 is 0.882 bits per heavy atom. The minimum atomic E-state index is 1.10. The SMILES string of the molecule is CCCCC(CCCCC1CCC1)C1CCC1. The quantitative estimate of drug-likeness (QED) is 0.434. The van der Waals surface area contributed by atoms with Crippen molar-refractivity contribution in [2.45, 2.75) is 90.4 Å². The van der Waals surface area contributed by atoms with Gasteiger partial charge in [0.2, 0.25) is 0 Å². The third kappa shape index (κ3) is 4.30. The molecule has 0 amide bonds. The Morgan fingerprint density at radius 3 is 2.12 bits per heavy atom. The van der Waals surface area contributed by atoms with Gasteiger partial charge in [-0.25, -0.2) is 0 Å². The van der Waals surface area contributed by atoms with E-state index < -0.39 is 0 Å². The average Bonchev–Trinajstić information content (AvgIpc) is 2.19. The van der Waals surface area contributed by atoms with E-state index in [1.165, 1.54) is 44.9 Å². The van der Waals surface area contributed by atoms with Crippen LogP contribution in [0.4, 0.5) is 0 Å². The summed E-state index contributed by atoms with van der Waals surface area (Å²) in [6.45, 7) is 2.34. The first-order valence-electron chi connectivity index (χ1n) is 8.40. The molecule has 0 bridgehead atoms. The Kier molecular flexibility index (Phi) is 5.88. The molecule has 0 heteroatoms. The van der Waals surface area contributed by atoms with Crippen LogP contribution in [-0.2, 0) is 0 Å². The largest absolute Gasteiger partial charge is 0.0654 e. The molecule has 2 fully saturated rings. The summed E-state index contributed by atoms with van der Waals surface area (Å²) >= 11 is 0. The number of hydrogen-bond acceptors (Lipinski definition) is 0. The molecule has 17 heavy (non-hydrogen) atoms. The molecule has 2 saturated carbocycles. The molecular weight excluding hydrogens is 204 g/mol. The summed E-state index contributed by atoms with van der Waals surface area (Å²) in [5.74, 6) is 3.36. The minimum absolute atomic E-state index is 1.10. The first-order chi connectivity index (χ1) is 8.40. The molecule has 1 atom stereocenters. The summed E-state index contributed by atoms with van der Waals surface area (Å²) in [6, 6.07) is 0. The zero-order valence-corrected chi connectivity index (χ0v) is 11.9. The summed E-state index contributed by atoms with van der Waals surface area (Å²) < 4.78 is 0. The van der Waals surface area contributed by atoms with Crippen molar-refractivity contribution in [2.24, 2.45) is 17.8 Å². The molecule has 0 nitrogen and oxygen atoms in total. The molecule has 0 aromatic heterocycles. The van der Waals surface area contributed by atoms with Crippen LogP contribution in [0, 0.1) is 17.8 Å². The van der Waals surface area contributed by atoms with Gasteiger partial charge in [-0.3, -0.25) is 0 Å². The Bertz CT molecular complexity index is 188. The van der Waals surface area contributed by atoms with Crippen molar-refractivity contribution in [1.29, 1.82) is 0 Å². The lowest BCUT2D eigenvalue weighted by Crippen LogP contribution is -2.22. The van der Waals surface area contributed by atoms with Crippen molar-refractivity contribution in [2.75, 3.05) is 0 Å². The molecule has 0 N–H and O–H groups in total. The molecule has 0 aromatic rings. The van der Waals surface area contributed by atoms with E-state index in [1.807, 2.05) is 0 Å². The van der Waals surface area contributed by atoms with Gasteiger partial charge >= 0.3 is 0 Å². The molecule has 100 valence electrons. The van der Waals surface area contributed by atoms with Crippen molar-refractivity contribution in [3.63, 3.8) is 0 Å². The van der Waals surface area contributed by atoms with E-state index >= 15 is 0 Å². The third-order valence-electron chi connectivity index (χ3n) is 5.41. The Balaban J connectivity index is 1.55. The predicted octanol–water partition coefficient (Wildman–Crippen LogP) is 5.95. The van der Waals surface area contributed by atoms with Crippen LogP contribution in [0.15, 0.2) is 0 Å². The fourth-order valence-electron chi connectivity index (χ4n) is 3.61. The highest BCUT2D eigenvalue weighted by molar-refractivity contribution is 4.78. The highest BCUT2D eigenvalue weighted by atomic mass is 14.3. The molecule has 2 rings (SSSR count). The molecule has 0 aliphatic heterocycles.